The van der Waals surface area contributed by atoms with Gasteiger partial charge >= 0.3 is 0 Å². The summed E-state index contributed by atoms with van der Waals surface area (Å²) in [6, 6.07) is 12.1. The number of nitrogens with zero attached hydrogens (tertiary/aromatic N) is 3. The summed E-state index contributed by atoms with van der Waals surface area (Å²) in [4.78, 5) is 21.3. The third-order valence-electron chi connectivity index (χ3n) is 4.53. The molecule has 2 aromatic rings. The fourth-order valence-corrected chi connectivity index (χ4v) is 3.02. The van der Waals surface area contributed by atoms with Gasteiger partial charge in [0.15, 0.2) is 0 Å². The summed E-state index contributed by atoms with van der Waals surface area (Å²) in [5, 5.41) is 0. The SMILES string of the molecule is CCc1ccc(CN(C)C(=O)c2cccnc2N2CCOCC2)cc1. The molecule has 3 rings (SSSR count). The molecule has 5 heteroatoms. The molecular weight excluding hydrogens is 314 g/mol. The summed E-state index contributed by atoms with van der Waals surface area (Å²) in [6.07, 6.45) is 2.76. The first-order valence-corrected chi connectivity index (χ1v) is 8.80. The van der Waals surface area contributed by atoms with Gasteiger partial charge in [0.05, 0.1) is 18.8 Å². The van der Waals surface area contributed by atoms with E-state index < -0.39 is 0 Å². The Hall–Kier alpha value is -2.40. The molecule has 25 heavy (non-hydrogen) atoms. The molecule has 1 aromatic carbocycles. The van der Waals surface area contributed by atoms with Crippen LogP contribution in [0.2, 0.25) is 0 Å². The summed E-state index contributed by atoms with van der Waals surface area (Å²) in [6.45, 7) is 5.59. The Labute approximate surface area is 149 Å². The molecule has 1 amide bonds. The maximum atomic E-state index is 13.0. The molecule has 2 heterocycles. The zero-order valence-corrected chi connectivity index (χ0v) is 14.9. The standard InChI is InChI=1S/C20H25N3O2/c1-3-16-6-8-17(9-7-16)15-22(2)20(24)18-5-4-10-21-19(18)23-11-13-25-14-12-23/h4-10H,3,11-15H2,1-2H3. The quantitative estimate of drug-likeness (QED) is 0.840. The van der Waals surface area contributed by atoms with Gasteiger partial charge in [0.25, 0.3) is 5.91 Å². The van der Waals surface area contributed by atoms with Crippen LogP contribution in [0.15, 0.2) is 42.6 Å². The van der Waals surface area contributed by atoms with Crippen molar-refractivity contribution in [1.82, 2.24) is 9.88 Å². The highest BCUT2D eigenvalue weighted by Crippen LogP contribution is 2.20. The van der Waals surface area contributed by atoms with Crippen LogP contribution in [0.25, 0.3) is 0 Å². The van der Waals surface area contributed by atoms with Crippen LogP contribution in [0.4, 0.5) is 5.82 Å². The van der Waals surface area contributed by atoms with E-state index in [2.05, 4.69) is 41.1 Å². The van der Waals surface area contributed by atoms with E-state index in [0.29, 0.717) is 25.3 Å². The number of aromatic nitrogens is 1. The van der Waals surface area contributed by atoms with Crippen LogP contribution in [0.5, 0.6) is 0 Å². The Morgan fingerprint density at radius 3 is 2.52 bits per heavy atom. The van der Waals surface area contributed by atoms with E-state index in [1.165, 1.54) is 5.56 Å². The lowest BCUT2D eigenvalue weighted by Gasteiger charge is -2.30. The molecule has 0 unspecified atom stereocenters. The molecule has 0 spiro atoms. The van der Waals surface area contributed by atoms with E-state index in [1.807, 2.05) is 19.2 Å². The van der Waals surface area contributed by atoms with Gasteiger partial charge in [0.2, 0.25) is 0 Å². The summed E-state index contributed by atoms with van der Waals surface area (Å²) in [5.74, 6) is 0.748. The second-order valence-electron chi connectivity index (χ2n) is 6.31. The third kappa shape index (κ3) is 4.17. The maximum Gasteiger partial charge on any atom is 0.257 e. The maximum absolute atomic E-state index is 13.0. The Balaban J connectivity index is 1.75. The number of aryl methyl sites for hydroxylation is 1. The second-order valence-corrected chi connectivity index (χ2v) is 6.31. The van der Waals surface area contributed by atoms with Gasteiger partial charge in [-0.05, 0) is 29.7 Å². The number of hydrogen-bond acceptors (Lipinski definition) is 4. The van der Waals surface area contributed by atoms with Crippen LogP contribution in [0.1, 0.15) is 28.4 Å². The van der Waals surface area contributed by atoms with Crippen LogP contribution in [-0.2, 0) is 17.7 Å². The minimum absolute atomic E-state index is 0.00541. The molecule has 1 fully saturated rings. The number of pyridine rings is 1. The van der Waals surface area contributed by atoms with E-state index in [0.717, 1.165) is 30.9 Å². The number of anilines is 1. The van der Waals surface area contributed by atoms with E-state index in [4.69, 9.17) is 4.74 Å². The van der Waals surface area contributed by atoms with Gasteiger partial charge in [0.1, 0.15) is 5.82 Å². The zero-order chi connectivity index (χ0) is 17.6. The summed E-state index contributed by atoms with van der Waals surface area (Å²) >= 11 is 0. The van der Waals surface area contributed by atoms with Crippen LogP contribution in [-0.4, -0.2) is 49.1 Å². The number of benzene rings is 1. The molecule has 5 nitrogen and oxygen atoms in total. The van der Waals surface area contributed by atoms with Crippen LogP contribution < -0.4 is 4.90 Å². The first-order chi connectivity index (χ1) is 12.2. The van der Waals surface area contributed by atoms with Crippen LogP contribution in [0, 0.1) is 0 Å². The molecule has 0 atom stereocenters. The van der Waals surface area contributed by atoms with Crippen molar-refractivity contribution in [3.63, 3.8) is 0 Å². The van der Waals surface area contributed by atoms with Crippen molar-refractivity contribution in [2.45, 2.75) is 19.9 Å². The van der Waals surface area contributed by atoms with Crippen molar-refractivity contribution in [3.05, 3.63) is 59.3 Å². The van der Waals surface area contributed by atoms with Gasteiger partial charge in [-0.25, -0.2) is 4.98 Å². The predicted octanol–water partition coefficient (Wildman–Crippen LogP) is 2.75. The minimum Gasteiger partial charge on any atom is -0.378 e. The number of rotatable bonds is 5. The number of carbonyl (C=O) groups excluding carboxylic acids is 1. The average molecular weight is 339 g/mol. The molecule has 0 N–H and O–H groups in total. The normalized spacial score (nSPS) is 14.4. The van der Waals surface area contributed by atoms with Crippen molar-refractivity contribution in [2.75, 3.05) is 38.3 Å². The van der Waals surface area contributed by atoms with Gasteiger partial charge in [0, 0.05) is 32.9 Å². The number of amides is 1. The molecule has 132 valence electrons. The summed E-state index contributed by atoms with van der Waals surface area (Å²) in [5.41, 5.74) is 3.08. The highest BCUT2D eigenvalue weighted by atomic mass is 16.5. The molecule has 0 saturated carbocycles. The third-order valence-corrected chi connectivity index (χ3v) is 4.53. The van der Waals surface area contributed by atoms with Gasteiger partial charge < -0.3 is 14.5 Å². The van der Waals surface area contributed by atoms with Gasteiger partial charge in [-0.2, -0.15) is 0 Å². The number of carbonyl (C=O) groups is 1. The average Bonchev–Trinajstić information content (AvgIpc) is 2.68. The fraction of sp³-hybridized carbons (Fsp3) is 0.400. The first-order valence-electron chi connectivity index (χ1n) is 8.80. The topological polar surface area (TPSA) is 45.7 Å². The molecule has 1 saturated heterocycles. The van der Waals surface area contributed by atoms with Crippen molar-refractivity contribution in [1.29, 1.82) is 0 Å². The Bertz CT molecular complexity index is 709. The van der Waals surface area contributed by atoms with Gasteiger partial charge in [-0.1, -0.05) is 31.2 Å². The Kier molecular flexibility index (Phi) is 5.66. The smallest absolute Gasteiger partial charge is 0.257 e. The van der Waals surface area contributed by atoms with E-state index >= 15 is 0 Å². The lowest BCUT2D eigenvalue weighted by atomic mass is 10.1. The van der Waals surface area contributed by atoms with Crippen molar-refractivity contribution >= 4 is 11.7 Å². The molecule has 1 aliphatic heterocycles. The van der Waals surface area contributed by atoms with Crippen molar-refractivity contribution in [3.8, 4) is 0 Å². The van der Waals surface area contributed by atoms with Gasteiger partial charge in [-0.15, -0.1) is 0 Å². The van der Waals surface area contributed by atoms with E-state index in [-0.39, 0.29) is 5.91 Å². The number of morpholine rings is 1. The van der Waals surface area contributed by atoms with E-state index in [9.17, 15) is 4.79 Å². The molecule has 1 aliphatic rings. The van der Waals surface area contributed by atoms with Crippen molar-refractivity contribution < 1.29 is 9.53 Å². The highest BCUT2D eigenvalue weighted by molar-refractivity contribution is 5.98. The minimum atomic E-state index is -0.00541. The molecule has 0 bridgehead atoms. The monoisotopic (exact) mass is 339 g/mol. The fourth-order valence-electron chi connectivity index (χ4n) is 3.02. The summed E-state index contributed by atoms with van der Waals surface area (Å²) < 4.78 is 5.40. The molecule has 0 aliphatic carbocycles. The largest absolute Gasteiger partial charge is 0.378 e. The second kappa shape index (κ2) is 8.12. The summed E-state index contributed by atoms with van der Waals surface area (Å²) in [7, 11) is 1.84. The number of hydrogen-bond donors (Lipinski definition) is 0. The molecule has 0 radical (unpaired) electrons. The van der Waals surface area contributed by atoms with E-state index in [1.54, 1.807) is 11.1 Å². The van der Waals surface area contributed by atoms with Crippen molar-refractivity contribution in [2.24, 2.45) is 0 Å². The lowest BCUT2D eigenvalue weighted by Crippen LogP contribution is -2.38. The predicted molar refractivity (Wildman–Crippen MR) is 98.9 cm³/mol. The first kappa shape index (κ1) is 17.4. The molecule has 1 aromatic heterocycles. The Morgan fingerprint density at radius 1 is 1.16 bits per heavy atom. The Morgan fingerprint density at radius 2 is 1.84 bits per heavy atom. The lowest BCUT2D eigenvalue weighted by molar-refractivity contribution is 0.0784. The number of ether oxygens (including phenoxy) is 1. The zero-order valence-electron chi connectivity index (χ0n) is 14.9. The van der Waals surface area contributed by atoms with Gasteiger partial charge in [-0.3, -0.25) is 4.79 Å². The highest BCUT2D eigenvalue weighted by Gasteiger charge is 2.22. The van der Waals surface area contributed by atoms with Crippen LogP contribution >= 0.6 is 0 Å². The molecular formula is C20H25N3O2. The van der Waals surface area contributed by atoms with Crippen LogP contribution in [0.3, 0.4) is 0 Å².